The zero-order chi connectivity index (χ0) is 18.3. The molecule has 1 atom stereocenters. The molecule has 2 rings (SSSR count). The smallest absolute Gasteiger partial charge is 0.242 e. The first-order chi connectivity index (χ1) is 12.0. The van der Waals surface area contributed by atoms with E-state index in [0.29, 0.717) is 39.3 Å². The van der Waals surface area contributed by atoms with Gasteiger partial charge in [0.25, 0.3) is 0 Å². The Morgan fingerprint density at radius 3 is 2.40 bits per heavy atom. The number of methoxy groups -OCH3 is 1. The van der Waals surface area contributed by atoms with Crippen LogP contribution < -0.4 is 11.1 Å². The van der Waals surface area contributed by atoms with Gasteiger partial charge in [0, 0.05) is 46.4 Å². The highest BCUT2D eigenvalue weighted by atomic mass is 16.5. The molecule has 2 amide bonds. The minimum Gasteiger partial charge on any atom is -0.385 e. The lowest BCUT2D eigenvalue weighted by Crippen LogP contribution is -2.61. The van der Waals surface area contributed by atoms with Gasteiger partial charge in [-0.25, -0.2) is 0 Å². The van der Waals surface area contributed by atoms with Crippen molar-refractivity contribution in [3.05, 3.63) is 0 Å². The third kappa shape index (κ3) is 5.39. The van der Waals surface area contributed by atoms with Crippen LogP contribution in [0, 0.1) is 0 Å². The maximum absolute atomic E-state index is 12.8. The first-order valence-electron chi connectivity index (χ1n) is 9.57. The molecule has 3 N–H and O–H groups in total. The van der Waals surface area contributed by atoms with Crippen LogP contribution in [0.2, 0.25) is 0 Å². The third-order valence-electron chi connectivity index (χ3n) is 5.52. The second-order valence-corrected chi connectivity index (χ2v) is 7.36. The molecule has 2 aliphatic rings. The van der Waals surface area contributed by atoms with Crippen LogP contribution in [-0.4, -0.2) is 79.6 Å². The van der Waals surface area contributed by atoms with E-state index in [9.17, 15) is 9.59 Å². The number of hydrogen-bond acceptors (Lipinski definition) is 5. The van der Waals surface area contributed by atoms with Crippen LogP contribution in [0.5, 0.6) is 0 Å². The fourth-order valence-corrected chi connectivity index (χ4v) is 3.77. The Balaban J connectivity index is 1.76. The topological polar surface area (TPSA) is 87.9 Å². The predicted octanol–water partition coefficient (Wildman–Crippen LogP) is 0.333. The van der Waals surface area contributed by atoms with E-state index in [2.05, 4.69) is 10.2 Å². The lowest BCUT2D eigenvalue weighted by atomic mass is 9.81. The average molecular weight is 354 g/mol. The highest BCUT2D eigenvalue weighted by Gasteiger charge is 2.39. The van der Waals surface area contributed by atoms with Crippen LogP contribution in [0.15, 0.2) is 0 Å². The lowest BCUT2D eigenvalue weighted by molar-refractivity contribution is -0.140. The van der Waals surface area contributed by atoms with E-state index in [1.165, 1.54) is 6.42 Å². The summed E-state index contributed by atoms with van der Waals surface area (Å²) in [5.74, 6) is 0.141. The fourth-order valence-electron chi connectivity index (χ4n) is 3.77. The summed E-state index contributed by atoms with van der Waals surface area (Å²) in [6.07, 6.45) is 5.68. The molecule has 1 unspecified atom stereocenters. The van der Waals surface area contributed by atoms with Gasteiger partial charge in [0.15, 0.2) is 0 Å². The molecule has 1 aliphatic heterocycles. The Kier molecular flexibility index (Phi) is 7.65. The number of hydrogen-bond donors (Lipinski definition) is 2. The number of piperazine rings is 1. The van der Waals surface area contributed by atoms with E-state index in [0.717, 1.165) is 32.1 Å². The van der Waals surface area contributed by atoms with Crippen molar-refractivity contribution in [3.8, 4) is 0 Å². The first-order valence-corrected chi connectivity index (χ1v) is 9.57. The van der Waals surface area contributed by atoms with Crippen LogP contribution in [0.3, 0.4) is 0 Å². The van der Waals surface area contributed by atoms with Crippen LogP contribution in [0.25, 0.3) is 0 Å². The molecule has 1 heterocycles. The zero-order valence-corrected chi connectivity index (χ0v) is 15.8. The Bertz CT molecular complexity index is 444. The number of nitrogens with zero attached hydrogens (tertiary/aromatic N) is 2. The molecule has 0 radical (unpaired) electrons. The summed E-state index contributed by atoms with van der Waals surface area (Å²) >= 11 is 0. The van der Waals surface area contributed by atoms with Gasteiger partial charge < -0.3 is 20.7 Å². The van der Waals surface area contributed by atoms with Crippen LogP contribution in [-0.2, 0) is 14.3 Å². The van der Waals surface area contributed by atoms with Crippen molar-refractivity contribution < 1.29 is 14.3 Å². The van der Waals surface area contributed by atoms with Gasteiger partial charge in [-0.05, 0) is 26.2 Å². The van der Waals surface area contributed by atoms with Gasteiger partial charge >= 0.3 is 0 Å². The van der Waals surface area contributed by atoms with E-state index in [-0.39, 0.29) is 17.9 Å². The maximum Gasteiger partial charge on any atom is 0.242 e. The van der Waals surface area contributed by atoms with E-state index < -0.39 is 5.54 Å². The second kappa shape index (κ2) is 9.50. The van der Waals surface area contributed by atoms with Crippen LogP contribution in [0.1, 0.15) is 45.4 Å². The monoisotopic (exact) mass is 354 g/mol. The van der Waals surface area contributed by atoms with E-state index in [1.807, 2.05) is 11.8 Å². The Hall–Kier alpha value is -1.18. The molecule has 25 heavy (non-hydrogen) atoms. The van der Waals surface area contributed by atoms with Crippen molar-refractivity contribution in [2.24, 2.45) is 5.73 Å². The largest absolute Gasteiger partial charge is 0.385 e. The van der Waals surface area contributed by atoms with Crippen molar-refractivity contribution >= 4 is 11.8 Å². The zero-order valence-electron chi connectivity index (χ0n) is 15.8. The second-order valence-electron chi connectivity index (χ2n) is 7.36. The highest BCUT2D eigenvalue weighted by molar-refractivity contribution is 5.86. The summed E-state index contributed by atoms with van der Waals surface area (Å²) in [4.78, 5) is 29.0. The molecule has 144 valence electrons. The lowest BCUT2D eigenvalue weighted by Gasteiger charge is -2.42. The van der Waals surface area contributed by atoms with Gasteiger partial charge in [0.1, 0.15) is 0 Å². The average Bonchev–Trinajstić information content (AvgIpc) is 2.64. The first kappa shape index (κ1) is 20.1. The molecule has 0 aromatic carbocycles. The minimum absolute atomic E-state index is 0.0402. The molecular weight excluding hydrogens is 320 g/mol. The molecule has 2 fully saturated rings. The summed E-state index contributed by atoms with van der Waals surface area (Å²) in [5, 5.41) is 2.95. The van der Waals surface area contributed by atoms with Gasteiger partial charge in [0.2, 0.25) is 11.8 Å². The van der Waals surface area contributed by atoms with E-state index in [1.54, 1.807) is 7.11 Å². The van der Waals surface area contributed by atoms with Gasteiger partial charge in [-0.2, -0.15) is 0 Å². The quantitative estimate of drug-likeness (QED) is 0.644. The highest BCUT2D eigenvalue weighted by Crippen LogP contribution is 2.28. The van der Waals surface area contributed by atoms with Gasteiger partial charge in [0.05, 0.1) is 11.6 Å². The van der Waals surface area contributed by atoms with Gasteiger partial charge in [-0.1, -0.05) is 19.3 Å². The van der Waals surface area contributed by atoms with E-state index in [4.69, 9.17) is 10.5 Å². The molecule has 0 spiro atoms. The molecule has 0 aromatic rings. The fraction of sp³-hybridized carbons (Fsp3) is 0.889. The molecule has 0 bridgehead atoms. The van der Waals surface area contributed by atoms with Crippen LogP contribution >= 0.6 is 0 Å². The Morgan fingerprint density at radius 2 is 1.80 bits per heavy atom. The predicted molar refractivity (Wildman–Crippen MR) is 97.1 cm³/mol. The number of ether oxygens (including phenoxy) is 1. The number of carbonyl (C=O) groups is 2. The maximum atomic E-state index is 12.8. The molecule has 0 aromatic heterocycles. The number of nitrogens with one attached hydrogen (secondary N) is 1. The standard InChI is InChI=1S/C18H34N4O3/c1-15(16(23)20-9-6-14-25-2)21-10-12-22(13-11-21)17(24)18(19)7-4-3-5-8-18/h15H,3-14,19H2,1-2H3,(H,20,23). The van der Waals surface area contributed by atoms with Crippen molar-refractivity contribution in [1.82, 2.24) is 15.1 Å². The summed E-state index contributed by atoms with van der Waals surface area (Å²) in [7, 11) is 1.66. The van der Waals surface area contributed by atoms with Crippen molar-refractivity contribution in [1.29, 1.82) is 0 Å². The number of carbonyl (C=O) groups excluding carboxylic acids is 2. The van der Waals surface area contributed by atoms with Crippen molar-refractivity contribution in [3.63, 3.8) is 0 Å². The molecule has 7 nitrogen and oxygen atoms in total. The summed E-state index contributed by atoms with van der Waals surface area (Å²) in [6.45, 7) is 5.94. The van der Waals surface area contributed by atoms with Gasteiger partial charge in [-0.15, -0.1) is 0 Å². The molecule has 1 aliphatic carbocycles. The summed E-state index contributed by atoms with van der Waals surface area (Å²) in [6, 6.07) is -0.179. The number of nitrogens with two attached hydrogens (primary N) is 1. The third-order valence-corrected chi connectivity index (χ3v) is 5.52. The molecule has 1 saturated carbocycles. The minimum atomic E-state index is -0.662. The molecule has 7 heteroatoms. The SMILES string of the molecule is COCCCNC(=O)C(C)N1CCN(C(=O)C2(N)CCCCC2)CC1. The van der Waals surface area contributed by atoms with Crippen molar-refractivity contribution in [2.75, 3.05) is 46.4 Å². The summed E-state index contributed by atoms with van der Waals surface area (Å²) in [5.41, 5.74) is 5.71. The Morgan fingerprint density at radius 1 is 1.16 bits per heavy atom. The normalized spacial score (nSPS) is 22.4. The molecular formula is C18H34N4O3. The number of rotatable bonds is 7. The molecule has 1 saturated heterocycles. The van der Waals surface area contributed by atoms with Crippen LogP contribution in [0.4, 0.5) is 0 Å². The van der Waals surface area contributed by atoms with Gasteiger partial charge in [-0.3, -0.25) is 14.5 Å². The van der Waals surface area contributed by atoms with E-state index >= 15 is 0 Å². The number of amides is 2. The Labute approximate surface area is 151 Å². The van der Waals surface area contributed by atoms with Crippen molar-refractivity contribution in [2.45, 2.75) is 57.0 Å². The summed E-state index contributed by atoms with van der Waals surface area (Å²) < 4.78 is 4.98.